The van der Waals surface area contributed by atoms with Crippen molar-refractivity contribution in [1.82, 2.24) is 0 Å². The van der Waals surface area contributed by atoms with Crippen LogP contribution in [0, 0.1) is 27.2 Å². The minimum atomic E-state index is -0.966. The van der Waals surface area contributed by atoms with Gasteiger partial charge in [-0.2, -0.15) is 0 Å². The van der Waals surface area contributed by atoms with E-state index in [1.54, 1.807) is 0 Å². The highest BCUT2D eigenvalue weighted by Gasteiger charge is 2.24. The number of carbonyl (C=O) groups is 2. The number of esters is 2. The van der Waals surface area contributed by atoms with Crippen LogP contribution in [0.25, 0.3) is 0 Å². The highest BCUT2D eigenvalue weighted by Crippen LogP contribution is 2.32. The summed E-state index contributed by atoms with van der Waals surface area (Å²) >= 11 is 0. The molecule has 1 N–H and O–H groups in total. The number of nitrogens with zero attached hydrogens (tertiary/aromatic N) is 2. The number of hydrogen-bond donors (Lipinski definition) is 1. The largest absolute Gasteiger partial charge is 0.466 e. The van der Waals surface area contributed by atoms with Crippen molar-refractivity contribution in [2.24, 2.45) is 0 Å². The zero-order chi connectivity index (χ0) is 18.4. The minimum Gasteiger partial charge on any atom is -0.466 e. The Balaban J connectivity index is 3.41. The molecular weight excluding hydrogens is 326 g/mol. The predicted octanol–water partition coefficient (Wildman–Crippen LogP) is 1.45. The van der Waals surface area contributed by atoms with Gasteiger partial charge in [-0.15, -0.1) is 0 Å². The fourth-order valence-corrected chi connectivity index (χ4v) is 1.72. The molecule has 0 heterocycles. The summed E-state index contributed by atoms with van der Waals surface area (Å²) in [6.45, 7) is 1.23. The van der Waals surface area contributed by atoms with Gasteiger partial charge in [0, 0.05) is 12.1 Å². The second-order valence-corrected chi connectivity index (χ2v) is 4.35. The molecule has 0 saturated heterocycles. The Bertz CT molecular complexity index is 706. The van der Waals surface area contributed by atoms with Gasteiger partial charge >= 0.3 is 11.9 Å². The fourth-order valence-electron chi connectivity index (χ4n) is 1.72. The van der Waals surface area contributed by atoms with Gasteiger partial charge in [-0.05, 0) is 6.92 Å². The third-order valence-corrected chi connectivity index (χ3v) is 2.89. The van der Waals surface area contributed by atoms with E-state index in [0.717, 1.165) is 32.4 Å². The van der Waals surface area contributed by atoms with Crippen molar-refractivity contribution < 1.29 is 28.9 Å². The number of nitro benzene ring substituents is 2. The van der Waals surface area contributed by atoms with Gasteiger partial charge in [0.2, 0.25) is 0 Å². The highest BCUT2D eigenvalue weighted by atomic mass is 16.6. The smallest absolute Gasteiger partial charge is 0.354 e. The number of ether oxygens (including phenoxy) is 2. The number of anilines is 1. The van der Waals surface area contributed by atoms with Gasteiger partial charge in [0.25, 0.3) is 11.4 Å². The zero-order valence-corrected chi connectivity index (χ0v) is 12.9. The summed E-state index contributed by atoms with van der Waals surface area (Å²) in [7, 11) is 2.13. The lowest BCUT2D eigenvalue weighted by Gasteiger charge is -2.10. The molecule has 0 aliphatic rings. The molecule has 0 spiro atoms. The molecule has 1 aromatic rings. The predicted molar refractivity (Wildman–Crippen MR) is 80.2 cm³/mol. The van der Waals surface area contributed by atoms with E-state index < -0.39 is 38.9 Å². The quantitative estimate of drug-likeness (QED) is 0.351. The van der Waals surface area contributed by atoms with Crippen LogP contribution in [-0.4, -0.2) is 36.0 Å². The molecule has 128 valence electrons. The van der Waals surface area contributed by atoms with E-state index in [4.69, 9.17) is 0 Å². The van der Waals surface area contributed by atoms with E-state index in [0.29, 0.717) is 0 Å². The van der Waals surface area contributed by atoms with Gasteiger partial charge in [-0.25, -0.2) is 9.59 Å². The van der Waals surface area contributed by atoms with Crippen LogP contribution in [0.5, 0.6) is 0 Å². The van der Waals surface area contributed by atoms with Gasteiger partial charge < -0.3 is 14.8 Å². The number of methoxy groups -OCH3 is 2. The van der Waals surface area contributed by atoms with Crippen molar-refractivity contribution in [3.63, 3.8) is 0 Å². The minimum absolute atomic E-state index is 0.139. The summed E-state index contributed by atoms with van der Waals surface area (Å²) in [6.07, 6.45) is 0.753. The van der Waals surface area contributed by atoms with E-state index >= 15 is 0 Å². The molecule has 1 aromatic carbocycles. The van der Waals surface area contributed by atoms with Crippen LogP contribution in [0.1, 0.15) is 5.56 Å². The average molecular weight is 339 g/mol. The van der Waals surface area contributed by atoms with Gasteiger partial charge in [-0.1, -0.05) is 0 Å². The van der Waals surface area contributed by atoms with Crippen molar-refractivity contribution in [2.45, 2.75) is 6.92 Å². The van der Waals surface area contributed by atoms with Crippen LogP contribution in [0.3, 0.4) is 0 Å². The van der Waals surface area contributed by atoms with Crippen molar-refractivity contribution in [3.8, 4) is 0 Å². The number of hydrogen-bond acceptors (Lipinski definition) is 9. The maximum atomic E-state index is 11.6. The lowest BCUT2D eigenvalue weighted by molar-refractivity contribution is -0.395. The van der Waals surface area contributed by atoms with E-state index in [-0.39, 0.29) is 11.3 Å². The molecule has 0 aromatic heterocycles. The summed E-state index contributed by atoms with van der Waals surface area (Å²) in [4.78, 5) is 43.4. The van der Waals surface area contributed by atoms with Gasteiger partial charge in [-0.3, -0.25) is 20.2 Å². The summed E-state index contributed by atoms with van der Waals surface area (Å²) in [5.41, 5.74) is -1.73. The fraction of sp³-hybridized carbons (Fsp3) is 0.231. The van der Waals surface area contributed by atoms with E-state index in [1.165, 1.54) is 6.92 Å². The summed E-state index contributed by atoms with van der Waals surface area (Å²) < 4.78 is 8.84. The van der Waals surface area contributed by atoms with Gasteiger partial charge in [0.15, 0.2) is 0 Å². The van der Waals surface area contributed by atoms with E-state index in [1.807, 2.05) is 0 Å². The van der Waals surface area contributed by atoms with Gasteiger partial charge in [0.05, 0.1) is 35.8 Å². The first kappa shape index (κ1) is 18.5. The SMILES string of the molecule is COC(=O)/C=C(/Nc1cc([N+](=O)[O-])c(C)c([N+](=O)[O-])c1)C(=O)OC. The molecule has 0 atom stereocenters. The molecule has 0 saturated carbocycles. The van der Waals surface area contributed by atoms with Crippen molar-refractivity contribution >= 4 is 29.0 Å². The number of carbonyl (C=O) groups excluding carboxylic acids is 2. The number of rotatable bonds is 6. The molecule has 0 radical (unpaired) electrons. The Morgan fingerprint density at radius 1 is 1.08 bits per heavy atom. The normalized spacial score (nSPS) is 10.7. The monoisotopic (exact) mass is 339 g/mol. The van der Waals surface area contributed by atoms with Gasteiger partial charge in [0.1, 0.15) is 11.3 Å². The van der Waals surface area contributed by atoms with E-state index in [2.05, 4.69) is 14.8 Å². The first-order chi connectivity index (χ1) is 11.2. The van der Waals surface area contributed by atoms with Crippen LogP contribution in [0.15, 0.2) is 23.9 Å². The zero-order valence-electron chi connectivity index (χ0n) is 12.9. The summed E-state index contributed by atoms with van der Waals surface area (Å²) in [6, 6.07) is 1.99. The van der Waals surface area contributed by atoms with Crippen molar-refractivity contribution in [3.05, 3.63) is 49.7 Å². The Morgan fingerprint density at radius 2 is 1.58 bits per heavy atom. The lowest BCUT2D eigenvalue weighted by atomic mass is 10.1. The van der Waals surface area contributed by atoms with Crippen LogP contribution < -0.4 is 5.32 Å². The Hall–Kier alpha value is -3.50. The first-order valence-electron chi connectivity index (χ1n) is 6.29. The van der Waals surface area contributed by atoms with Crippen molar-refractivity contribution in [2.75, 3.05) is 19.5 Å². The second kappa shape index (κ2) is 7.67. The molecule has 0 amide bonds. The van der Waals surface area contributed by atoms with Crippen LogP contribution in [0.2, 0.25) is 0 Å². The van der Waals surface area contributed by atoms with E-state index in [9.17, 15) is 29.8 Å². The molecule has 0 unspecified atom stereocenters. The molecule has 11 heteroatoms. The second-order valence-electron chi connectivity index (χ2n) is 4.35. The Morgan fingerprint density at radius 3 is 1.96 bits per heavy atom. The molecule has 0 fully saturated rings. The maximum Gasteiger partial charge on any atom is 0.354 e. The first-order valence-corrected chi connectivity index (χ1v) is 6.29. The van der Waals surface area contributed by atoms with Crippen LogP contribution >= 0.6 is 0 Å². The Kier molecular flexibility index (Phi) is 5.93. The highest BCUT2D eigenvalue weighted by molar-refractivity contribution is 5.98. The molecule has 11 nitrogen and oxygen atoms in total. The topological polar surface area (TPSA) is 151 Å². The molecule has 24 heavy (non-hydrogen) atoms. The molecular formula is C13H13N3O8. The summed E-state index contributed by atoms with van der Waals surface area (Å²) in [5.74, 6) is -1.86. The number of nitro groups is 2. The standard InChI is InChI=1S/C13H13N3O8/c1-7-10(15(19)20)4-8(5-11(7)16(21)22)14-9(13(18)24-3)6-12(17)23-2/h4-6,14H,1-3H3/b9-6+. The molecule has 1 rings (SSSR count). The third kappa shape index (κ3) is 4.25. The molecule has 0 aliphatic carbocycles. The molecule has 0 aliphatic heterocycles. The summed E-state index contributed by atoms with van der Waals surface area (Å²) in [5, 5.41) is 24.4. The Labute approximate surface area is 135 Å². The average Bonchev–Trinajstić information content (AvgIpc) is 2.53. The maximum absolute atomic E-state index is 11.6. The number of benzene rings is 1. The van der Waals surface area contributed by atoms with Crippen LogP contribution in [-0.2, 0) is 19.1 Å². The molecule has 0 bridgehead atoms. The lowest BCUT2D eigenvalue weighted by Crippen LogP contribution is -2.15. The van der Waals surface area contributed by atoms with Crippen LogP contribution in [0.4, 0.5) is 17.1 Å². The third-order valence-electron chi connectivity index (χ3n) is 2.89. The number of nitrogens with one attached hydrogen (secondary N) is 1. The van der Waals surface area contributed by atoms with Crippen molar-refractivity contribution in [1.29, 1.82) is 0 Å².